The van der Waals surface area contributed by atoms with E-state index in [1.807, 2.05) is 30.3 Å². The third-order valence-corrected chi connectivity index (χ3v) is 3.28. The maximum Gasteiger partial charge on any atom is 0.224 e. The summed E-state index contributed by atoms with van der Waals surface area (Å²) in [5, 5.41) is 5.45. The minimum absolute atomic E-state index is 0.109. The number of rotatable bonds is 7. The van der Waals surface area contributed by atoms with Crippen LogP contribution in [0.4, 0.5) is 4.39 Å². The number of benzene rings is 2. The highest BCUT2D eigenvalue weighted by Gasteiger charge is 2.05. The number of amides is 2. The second kappa shape index (κ2) is 8.68. The topological polar surface area (TPSA) is 58.2 Å². The lowest BCUT2D eigenvalue weighted by Gasteiger charge is -2.07. The summed E-state index contributed by atoms with van der Waals surface area (Å²) in [5.41, 5.74) is 1.76. The highest BCUT2D eigenvalue weighted by atomic mass is 19.1. The first-order chi connectivity index (χ1) is 11.1. The zero-order chi connectivity index (χ0) is 16.5. The van der Waals surface area contributed by atoms with E-state index in [1.165, 1.54) is 12.1 Å². The maximum atomic E-state index is 12.8. The first kappa shape index (κ1) is 16.7. The molecule has 120 valence electrons. The summed E-state index contributed by atoms with van der Waals surface area (Å²) in [6, 6.07) is 15.4. The lowest BCUT2D eigenvalue weighted by atomic mass is 10.1. The van der Waals surface area contributed by atoms with Crippen LogP contribution >= 0.6 is 0 Å². The number of nitrogens with one attached hydrogen (secondary N) is 2. The van der Waals surface area contributed by atoms with Crippen molar-refractivity contribution in [3.8, 4) is 0 Å². The fraction of sp³-hybridized carbons (Fsp3) is 0.222. The van der Waals surface area contributed by atoms with Crippen molar-refractivity contribution in [2.45, 2.75) is 19.4 Å². The van der Waals surface area contributed by atoms with E-state index in [1.54, 1.807) is 12.1 Å². The van der Waals surface area contributed by atoms with Crippen molar-refractivity contribution in [1.29, 1.82) is 0 Å². The third kappa shape index (κ3) is 6.30. The van der Waals surface area contributed by atoms with Crippen LogP contribution < -0.4 is 10.6 Å². The molecular weight excluding hydrogens is 295 g/mol. The Balaban J connectivity index is 1.62. The van der Waals surface area contributed by atoms with Crippen LogP contribution in [0.1, 0.15) is 17.5 Å². The molecule has 23 heavy (non-hydrogen) atoms. The molecule has 0 aromatic heterocycles. The van der Waals surface area contributed by atoms with Gasteiger partial charge in [-0.05, 0) is 23.3 Å². The molecule has 2 rings (SSSR count). The molecule has 2 amide bonds. The molecule has 0 unspecified atom stereocenters. The monoisotopic (exact) mass is 314 g/mol. The highest BCUT2D eigenvalue weighted by molar-refractivity contribution is 5.80. The summed E-state index contributed by atoms with van der Waals surface area (Å²) in [5.74, 6) is -0.571. The Hall–Kier alpha value is -2.69. The van der Waals surface area contributed by atoms with Gasteiger partial charge in [0, 0.05) is 19.5 Å². The van der Waals surface area contributed by atoms with E-state index >= 15 is 0 Å². The van der Waals surface area contributed by atoms with E-state index in [9.17, 15) is 14.0 Å². The van der Waals surface area contributed by atoms with Crippen LogP contribution in [0.3, 0.4) is 0 Å². The average Bonchev–Trinajstić information content (AvgIpc) is 2.55. The molecule has 0 spiro atoms. The Morgan fingerprint density at radius 1 is 0.826 bits per heavy atom. The molecule has 0 heterocycles. The second-order valence-electron chi connectivity index (χ2n) is 5.17. The molecule has 5 heteroatoms. The zero-order valence-electron chi connectivity index (χ0n) is 12.7. The molecule has 0 fully saturated rings. The lowest BCUT2D eigenvalue weighted by molar-refractivity contribution is -0.122. The fourth-order valence-corrected chi connectivity index (χ4v) is 2.05. The van der Waals surface area contributed by atoms with E-state index in [-0.39, 0.29) is 24.1 Å². The van der Waals surface area contributed by atoms with Crippen molar-refractivity contribution in [3.05, 3.63) is 71.5 Å². The molecule has 0 atom stereocenters. The Bertz CT molecular complexity index is 642. The van der Waals surface area contributed by atoms with Crippen molar-refractivity contribution >= 4 is 11.8 Å². The summed E-state index contributed by atoms with van der Waals surface area (Å²) in [6.45, 7) is 0.637. The highest BCUT2D eigenvalue weighted by Crippen LogP contribution is 2.02. The largest absolute Gasteiger partial charge is 0.355 e. The Morgan fingerprint density at radius 2 is 1.52 bits per heavy atom. The normalized spacial score (nSPS) is 10.1. The van der Waals surface area contributed by atoms with Crippen LogP contribution in [0.15, 0.2) is 54.6 Å². The molecule has 0 aliphatic carbocycles. The molecule has 0 bridgehead atoms. The van der Waals surface area contributed by atoms with Gasteiger partial charge in [0.05, 0.1) is 6.42 Å². The molecule has 2 aromatic carbocycles. The predicted molar refractivity (Wildman–Crippen MR) is 86.0 cm³/mol. The van der Waals surface area contributed by atoms with Gasteiger partial charge in [0.1, 0.15) is 5.82 Å². The Labute approximate surface area is 134 Å². The standard InChI is InChI=1S/C18H19FN2O2/c19-16-8-6-15(7-9-16)13-21-17(22)10-11-20-18(23)12-14-4-2-1-3-5-14/h1-9H,10-13H2,(H,20,23)(H,21,22). The summed E-state index contributed by atoms with van der Waals surface area (Å²) in [4.78, 5) is 23.4. The van der Waals surface area contributed by atoms with Crippen LogP contribution in [0, 0.1) is 5.82 Å². The smallest absolute Gasteiger partial charge is 0.224 e. The van der Waals surface area contributed by atoms with Crippen molar-refractivity contribution in [1.82, 2.24) is 10.6 Å². The van der Waals surface area contributed by atoms with Crippen LogP contribution in [-0.4, -0.2) is 18.4 Å². The van der Waals surface area contributed by atoms with Gasteiger partial charge < -0.3 is 10.6 Å². The molecule has 4 nitrogen and oxygen atoms in total. The number of hydrogen-bond acceptors (Lipinski definition) is 2. The SMILES string of the molecule is O=C(CCNC(=O)Cc1ccccc1)NCc1ccc(F)cc1. The van der Waals surface area contributed by atoms with Crippen molar-refractivity contribution in [3.63, 3.8) is 0 Å². The molecule has 0 aliphatic rings. The lowest BCUT2D eigenvalue weighted by Crippen LogP contribution is -2.31. The van der Waals surface area contributed by atoms with Crippen LogP contribution in [0.25, 0.3) is 0 Å². The number of carbonyl (C=O) groups is 2. The van der Waals surface area contributed by atoms with Gasteiger partial charge >= 0.3 is 0 Å². The van der Waals surface area contributed by atoms with Gasteiger partial charge in [-0.3, -0.25) is 9.59 Å². The first-order valence-electron chi connectivity index (χ1n) is 7.45. The second-order valence-corrected chi connectivity index (χ2v) is 5.17. The third-order valence-electron chi connectivity index (χ3n) is 3.28. The molecule has 0 saturated carbocycles. The Morgan fingerprint density at radius 3 is 2.22 bits per heavy atom. The van der Waals surface area contributed by atoms with Crippen LogP contribution in [0.5, 0.6) is 0 Å². The molecular formula is C18H19FN2O2. The number of hydrogen-bond donors (Lipinski definition) is 2. The zero-order valence-corrected chi connectivity index (χ0v) is 12.7. The summed E-state index contributed by atoms with van der Waals surface area (Å²) >= 11 is 0. The van der Waals surface area contributed by atoms with Crippen molar-refractivity contribution < 1.29 is 14.0 Å². The number of carbonyl (C=O) groups excluding carboxylic acids is 2. The summed E-state index contributed by atoms with van der Waals surface area (Å²) < 4.78 is 12.8. The van der Waals surface area contributed by atoms with Gasteiger partial charge in [-0.1, -0.05) is 42.5 Å². The van der Waals surface area contributed by atoms with Gasteiger partial charge in [-0.2, -0.15) is 0 Å². The molecule has 0 saturated heterocycles. The van der Waals surface area contributed by atoms with Gasteiger partial charge in [-0.25, -0.2) is 4.39 Å². The van der Waals surface area contributed by atoms with Gasteiger partial charge in [0.25, 0.3) is 0 Å². The van der Waals surface area contributed by atoms with E-state index < -0.39 is 0 Å². The summed E-state index contributed by atoms with van der Waals surface area (Å²) in [7, 11) is 0. The molecule has 0 aliphatic heterocycles. The molecule has 0 radical (unpaired) electrons. The Kier molecular flexibility index (Phi) is 6.29. The maximum absolute atomic E-state index is 12.8. The van der Waals surface area contributed by atoms with E-state index in [4.69, 9.17) is 0 Å². The van der Waals surface area contributed by atoms with E-state index in [0.29, 0.717) is 19.5 Å². The predicted octanol–water partition coefficient (Wildman–Crippen LogP) is 2.19. The fourth-order valence-electron chi connectivity index (χ4n) is 2.05. The first-order valence-corrected chi connectivity index (χ1v) is 7.45. The number of halogens is 1. The molecule has 2 aromatic rings. The van der Waals surface area contributed by atoms with Crippen LogP contribution in [-0.2, 0) is 22.6 Å². The minimum Gasteiger partial charge on any atom is -0.355 e. The van der Waals surface area contributed by atoms with E-state index in [0.717, 1.165) is 11.1 Å². The van der Waals surface area contributed by atoms with Crippen molar-refractivity contribution in [2.75, 3.05) is 6.54 Å². The van der Waals surface area contributed by atoms with Crippen LogP contribution in [0.2, 0.25) is 0 Å². The van der Waals surface area contributed by atoms with Crippen molar-refractivity contribution in [2.24, 2.45) is 0 Å². The van der Waals surface area contributed by atoms with Gasteiger partial charge in [0.15, 0.2) is 0 Å². The van der Waals surface area contributed by atoms with Gasteiger partial charge in [-0.15, -0.1) is 0 Å². The molecule has 2 N–H and O–H groups in total. The quantitative estimate of drug-likeness (QED) is 0.823. The van der Waals surface area contributed by atoms with Gasteiger partial charge in [0.2, 0.25) is 11.8 Å². The minimum atomic E-state index is -0.304. The van der Waals surface area contributed by atoms with E-state index in [2.05, 4.69) is 10.6 Å². The average molecular weight is 314 g/mol. The summed E-state index contributed by atoms with van der Waals surface area (Å²) in [6.07, 6.45) is 0.514.